The molecule has 0 bridgehead atoms. The number of benzene rings is 4. The Bertz CT molecular complexity index is 1220. The molecule has 0 saturated carbocycles. The molecule has 5 rings (SSSR count). The zero-order valence-electron chi connectivity index (χ0n) is 14.3. The molecule has 0 fully saturated rings. The summed E-state index contributed by atoms with van der Waals surface area (Å²) in [7, 11) is 0. The minimum atomic E-state index is 1.01. The lowest BCUT2D eigenvalue weighted by atomic mass is 9.97. The monoisotopic (exact) mass is 331 g/mol. The summed E-state index contributed by atoms with van der Waals surface area (Å²) in [6, 6.07) is 36.0. The molecule has 0 radical (unpaired) electrons. The molecular weight excluding hydrogens is 314 g/mol. The zero-order valence-corrected chi connectivity index (χ0v) is 14.3. The molecule has 0 saturated heterocycles. The molecule has 0 atom stereocenters. The lowest BCUT2D eigenvalue weighted by molar-refractivity contribution is 1.36. The van der Waals surface area contributed by atoms with Crippen molar-refractivity contribution in [2.24, 2.45) is 0 Å². The molecule has 0 aliphatic rings. The largest absolute Gasteiger partial charge is 0.247 e. The third-order valence-electron chi connectivity index (χ3n) is 4.85. The van der Waals surface area contributed by atoms with Crippen LogP contribution in [0.2, 0.25) is 0 Å². The minimum Gasteiger partial charge on any atom is -0.247 e. The molecule has 122 valence electrons. The van der Waals surface area contributed by atoms with Crippen molar-refractivity contribution in [2.45, 2.75) is 0 Å². The lowest BCUT2D eigenvalue weighted by Gasteiger charge is -2.12. The van der Waals surface area contributed by atoms with E-state index in [1.54, 1.807) is 0 Å². The third-order valence-corrected chi connectivity index (χ3v) is 4.85. The summed E-state index contributed by atoms with van der Waals surface area (Å²) in [4.78, 5) is 5.09. The van der Waals surface area contributed by atoms with Gasteiger partial charge in [-0.1, -0.05) is 97.1 Å². The average molecular weight is 331 g/mol. The first-order chi connectivity index (χ1) is 12.9. The first kappa shape index (κ1) is 14.9. The molecule has 1 aromatic heterocycles. The van der Waals surface area contributed by atoms with Crippen LogP contribution in [-0.2, 0) is 0 Å². The Kier molecular flexibility index (Phi) is 3.50. The molecular formula is C25H17N. The maximum atomic E-state index is 5.09. The van der Waals surface area contributed by atoms with Crippen molar-refractivity contribution in [1.29, 1.82) is 0 Å². The SMILES string of the molecule is c1ccc(-c2cc3ccccc3c(-c3cccc4ccccc34)n2)cc1. The predicted octanol–water partition coefficient (Wildman–Crippen LogP) is 6.72. The Balaban J connectivity index is 1.87. The fourth-order valence-corrected chi connectivity index (χ4v) is 3.59. The zero-order chi connectivity index (χ0) is 17.3. The van der Waals surface area contributed by atoms with Gasteiger partial charge in [-0.3, -0.25) is 0 Å². The number of hydrogen-bond acceptors (Lipinski definition) is 1. The molecule has 0 N–H and O–H groups in total. The number of nitrogens with zero attached hydrogens (tertiary/aromatic N) is 1. The van der Waals surface area contributed by atoms with E-state index < -0.39 is 0 Å². The van der Waals surface area contributed by atoms with Gasteiger partial charge in [-0.05, 0) is 22.2 Å². The lowest BCUT2D eigenvalue weighted by Crippen LogP contribution is -1.92. The molecule has 5 aromatic rings. The number of pyridine rings is 1. The summed E-state index contributed by atoms with van der Waals surface area (Å²) in [6.07, 6.45) is 0. The Morgan fingerprint density at radius 1 is 0.500 bits per heavy atom. The summed E-state index contributed by atoms with van der Waals surface area (Å²) >= 11 is 0. The van der Waals surface area contributed by atoms with Crippen molar-refractivity contribution in [3.8, 4) is 22.5 Å². The van der Waals surface area contributed by atoms with E-state index in [4.69, 9.17) is 4.98 Å². The standard InChI is InChI=1S/C25H17N/c1-2-10-19(11-3-1)24-17-20-12-5-7-15-22(20)25(26-24)23-16-8-13-18-9-4-6-14-21(18)23/h1-17H. The highest BCUT2D eigenvalue weighted by atomic mass is 14.7. The number of fused-ring (bicyclic) bond motifs is 2. The van der Waals surface area contributed by atoms with Crippen LogP contribution in [0.15, 0.2) is 103 Å². The molecule has 4 aromatic carbocycles. The maximum absolute atomic E-state index is 5.09. The maximum Gasteiger partial charge on any atom is 0.0794 e. The van der Waals surface area contributed by atoms with Crippen LogP contribution in [-0.4, -0.2) is 4.98 Å². The van der Waals surface area contributed by atoms with Crippen molar-refractivity contribution in [3.05, 3.63) is 103 Å². The third kappa shape index (κ3) is 2.46. The van der Waals surface area contributed by atoms with Crippen molar-refractivity contribution >= 4 is 21.5 Å². The van der Waals surface area contributed by atoms with Crippen LogP contribution in [0.3, 0.4) is 0 Å². The van der Waals surface area contributed by atoms with Gasteiger partial charge in [0.1, 0.15) is 0 Å². The molecule has 0 spiro atoms. The van der Waals surface area contributed by atoms with E-state index in [1.807, 2.05) is 6.07 Å². The van der Waals surface area contributed by atoms with Gasteiger partial charge >= 0.3 is 0 Å². The first-order valence-electron chi connectivity index (χ1n) is 8.83. The van der Waals surface area contributed by atoms with Gasteiger partial charge in [-0.25, -0.2) is 4.98 Å². The van der Waals surface area contributed by atoms with E-state index >= 15 is 0 Å². The second-order valence-corrected chi connectivity index (χ2v) is 6.47. The van der Waals surface area contributed by atoms with E-state index in [0.717, 1.165) is 17.0 Å². The Labute approximate surface area is 152 Å². The molecule has 26 heavy (non-hydrogen) atoms. The molecule has 1 nitrogen and oxygen atoms in total. The highest BCUT2D eigenvalue weighted by Crippen LogP contribution is 2.34. The van der Waals surface area contributed by atoms with E-state index in [-0.39, 0.29) is 0 Å². The topological polar surface area (TPSA) is 12.9 Å². The van der Waals surface area contributed by atoms with E-state index in [9.17, 15) is 0 Å². The van der Waals surface area contributed by atoms with E-state index in [2.05, 4.69) is 97.1 Å². The van der Waals surface area contributed by atoms with Gasteiger partial charge in [0, 0.05) is 16.5 Å². The quantitative estimate of drug-likeness (QED) is 0.350. The van der Waals surface area contributed by atoms with Crippen LogP contribution in [0.1, 0.15) is 0 Å². The highest BCUT2D eigenvalue weighted by molar-refractivity contribution is 6.04. The number of aromatic nitrogens is 1. The van der Waals surface area contributed by atoms with Crippen molar-refractivity contribution in [2.75, 3.05) is 0 Å². The fourth-order valence-electron chi connectivity index (χ4n) is 3.59. The van der Waals surface area contributed by atoms with Gasteiger partial charge in [0.05, 0.1) is 11.4 Å². The van der Waals surface area contributed by atoms with Crippen LogP contribution >= 0.6 is 0 Å². The van der Waals surface area contributed by atoms with E-state index in [1.165, 1.54) is 27.1 Å². The van der Waals surface area contributed by atoms with Crippen molar-refractivity contribution < 1.29 is 0 Å². The van der Waals surface area contributed by atoms with Crippen molar-refractivity contribution in [3.63, 3.8) is 0 Å². The van der Waals surface area contributed by atoms with E-state index in [0.29, 0.717) is 0 Å². The second kappa shape index (κ2) is 6.12. The summed E-state index contributed by atoms with van der Waals surface area (Å²) in [6.45, 7) is 0. The van der Waals surface area contributed by atoms with Gasteiger partial charge < -0.3 is 0 Å². The Hall–Kier alpha value is -3.45. The molecule has 1 heterocycles. The fraction of sp³-hybridized carbons (Fsp3) is 0. The Morgan fingerprint density at radius 3 is 2.00 bits per heavy atom. The summed E-state index contributed by atoms with van der Waals surface area (Å²) in [5.41, 5.74) is 4.36. The minimum absolute atomic E-state index is 1.01. The summed E-state index contributed by atoms with van der Waals surface area (Å²) in [5.74, 6) is 0. The van der Waals surface area contributed by atoms with Gasteiger partial charge in [-0.2, -0.15) is 0 Å². The molecule has 1 heteroatoms. The summed E-state index contributed by atoms with van der Waals surface area (Å²) in [5, 5.41) is 4.87. The van der Waals surface area contributed by atoms with Gasteiger partial charge in [0.15, 0.2) is 0 Å². The highest BCUT2D eigenvalue weighted by Gasteiger charge is 2.11. The van der Waals surface area contributed by atoms with Crippen molar-refractivity contribution in [1.82, 2.24) is 4.98 Å². The molecule has 0 aliphatic heterocycles. The number of hydrogen-bond donors (Lipinski definition) is 0. The Morgan fingerprint density at radius 2 is 1.15 bits per heavy atom. The predicted molar refractivity (Wildman–Crippen MR) is 110 cm³/mol. The second-order valence-electron chi connectivity index (χ2n) is 6.47. The first-order valence-corrected chi connectivity index (χ1v) is 8.83. The normalized spacial score (nSPS) is 11.1. The van der Waals surface area contributed by atoms with Gasteiger partial charge in [0.25, 0.3) is 0 Å². The smallest absolute Gasteiger partial charge is 0.0794 e. The van der Waals surface area contributed by atoms with Crippen LogP contribution in [0.4, 0.5) is 0 Å². The number of rotatable bonds is 2. The average Bonchev–Trinajstić information content (AvgIpc) is 2.73. The van der Waals surface area contributed by atoms with Gasteiger partial charge in [-0.15, -0.1) is 0 Å². The molecule has 0 amide bonds. The van der Waals surface area contributed by atoms with Crippen LogP contribution in [0, 0.1) is 0 Å². The van der Waals surface area contributed by atoms with Crippen LogP contribution in [0.25, 0.3) is 44.1 Å². The van der Waals surface area contributed by atoms with Gasteiger partial charge in [0.2, 0.25) is 0 Å². The summed E-state index contributed by atoms with van der Waals surface area (Å²) < 4.78 is 0. The van der Waals surface area contributed by atoms with Crippen LogP contribution < -0.4 is 0 Å². The molecule has 0 aliphatic carbocycles. The van der Waals surface area contributed by atoms with Crippen LogP contribution in [0.5, 0.6) is 0 Å². The molecule has 0 unspecified atom stereocenters.